The summed E-state index contributed by atoms with van der Waals surface area (Å²) in [5.41, 5.74) is 0.237. The van der Waals surface area contributed by atoms with Crippen LogP contribution in [0.15, 0.2) is 36.4 Å². The van der Waals surface area contributed by atoms with E-state index in [-0.39, 0.29) is 17.9 Å². The molecule has 0 aromatic heterocycles. The first-order valence-corrected chi connectivity index (χ1v) is 6.21. The van der Waals surface area contributed by atoms with E-state index in [2.05, 4.69) is 5.32 Å². The summed E-state index contributed by atoms with van der Waals surface area (Å²) in [4.78, 5) is 0. The lowest BCUT2D eigenvalue weighted by Crippen LogP contribution is -2.14. The van der Waals surface area contributed by atoms with E-state index >= 15 is 0 Å². The second-order valence-electron chi connectivity index (χ2n) is 4.41. The van der Waals surface area contributed by atoms with Crippen LogP contribution in [0.25, 0.3) is 0 Å². The van der Waals surface area contributed by atoms with Crippen LogP contribution in [-0.2, 0) is 0 Å². The van der Waals surface area contributed by atoms with Crippen molar-refractivity contribution in [1.29, 1.82) is 0 Å². The Bertz CT molecular complexity index is 634. The molecule has 2 N–H and O–H groups in total. The van der Waals surface area contributed by atoms with E-state index in [4.69, 9.17) is 4.74 Å². The molecule has 3 nitrogen and oxygen atoms in total. The minimum atomic E-state index is -1.26. The van der Waals surface area contributed by atoms with Gasteiger partial charge in [0.1, 0.15) is 11.6 Å². The van der Waals surface area contributed by atoms with Gasteiger partial charge in [0.15, 0.2) is 11.6 Å². The number of hydrogen-bond acceptors (Lipinski definition) is 3. The predicted molar refractivity (Wildman–Crippen MR) is 72.8 cm³/mol. The lowest BCUT2D eigenvalue weighted by atomic mass is 10.1. The monoisotopic (exact) mass is 297 g/mol. The normalized spacial score (nSPS) is 12.0. The van der Waals surface area contributed by atoms with Gasteiger partial charge in [-0.15, -0.1) is 0 Å². The van der Waals surface area contributed by atoms with E-state index in [9.17, 15) is 18.3 Å². The molecule has 2 rings (SSSR count). The molecule has 112 valence electrons. The highest BCUT2D eigenvalue weighted by molar-refractivity contribution is 5.47. The Balaban J connectivity index is 2.05. The van der Waals surface area contributed by atoms with Crippen LogP contribution >= 0.6 is 0 Å². The third-order valence-electron chi connectivity index (χ3n) is 2.97. The second-order valence-corrected chi connectivity index (χ2v) is 4.41. The van der Waals surface area contributed by atoms with Gasteiger partial charge in [0.05, 0.1) is 13.2 Å². The van der Waals surface area contributed by atoms with Crippen molar-refractivity contribution in [3.05, 3.63) is 59.4 Å². The lowest BCUT2D eigenvalue weighted by Gasteiger charge is -2.14. The topological polar surface area (TPSA) is 41.5 Å². The highest BCUT2D eigenvalue weighted by Gasteiger charge is 2.14. The summed E-state index contributed by atoms with van der Waals surface area (Å²) in [6.45, 7) is -0.0911. The SMILES string of the molecule is COc1ccc(NCC(O)c2cc(F)ccc2F)cc1F. The number of ether oxygens (including phenoxy) is 1. The molecular formula is C15H14F3NO2. The maximum atomic E-state index is 13.5. The van der Waals surface area contributed by atoms with Gasteiger partial charge in [-0.3, -0.25) is 0 Å². The quantitative estimate of drug-likeness (QED) is 0.890. The van der Waals surface area contributed by atoms with Crippen LogP contribution in [0.4, 0.5) is 18.9 Å². The average Bonchev–Trinajstić information content (AvgIpc) is 2.47. The molecule has 0 bridgehead atoms. The summed E-state index contributed by atoms with van der Waals surface area (Å²) < 4.78 is 44.8. The molecule has 0 aliphatic carbocycles. The Kier molecular flexibility index (Phi) is 4.70. The van der Waals surface area contributed by atoms with E-state index < -0.39 is 23.6 Å². The molecule has 2 aromatic carbocycles. The molecule has 0 aliphatic heterocycles. The first-order valence-electron chi connectivity index (χ1n) is 6.21. The Labute approximate surface area is 120 Å². The van der Waals surface area contributed by atoms with Crippen molar-refractivity contribution in [2.75, 3.05) is 19.0 Å². The highest BCUT2D eigenvalue weighted by Crippen LogP contribution is 2.22. The van der Waals surface area contributed by atoms with Crippen LogP contribution in [0.2, 0.25) is 0 Å². The number of anilines is 1. The smallest absolute Gasteiger partial charge is 0.167 e. The van der Waals surface area contributed by atoms with Crippen LogP contribution in [0, 0.1) is 17.5 Å². The van der Waals surface area contributed by atoms with Crippen molar-refractivity contribution in [2.45, 2.75) is 6.10 Å². The molecule has 1 atom stereocenters. The average molecular weight is 297 g/mol. The lowest BCUT2D eigenvalue weighted by molar-refractivity contribution is 0.186. The molecule has 1 unspecified atom stereocenters. The summed E-state index contributed by atoms with van der Waals surface area (Å²) in [6, 6.07) is 7.01. The number of aliphatic hydroxyl groups is 1. The number of aliphatic hydroxyl groups excluding tert-OH is 1. The first-order chi connectivity index (χ1) is 10.0. The van der Waals surface area contributed by atoms with Crippen molar-refractivity contribution in [3.8, 4) is 5.75 Å². The molecule has 0 fully saturated rings. The Morgan fingerprint density at radius 3 is 2.52 bits per heavy atom. The number of rotatable bonds is 5. The molecule has 0 saturated carbocycles. The summed E-state index contributed by atoms with van der Waals surface area (Å²) in [5.74, 6) is -1.81. The van der Waals surface area contributed by atoms with Crippen molar-refractivity contribution in [2.24, 2.45) is 0 Å². The van der Waals surface area contributed by atoms with Gasteiger partial charge in [0.2, 0.25) is 0 Å². The highest BCUT2D eigenvalue weighted by atomic mass is 19.1. The van der Waals surface area contributed by atoms with E-state index in [1.54, 1.807) is 6.07 Å². The number of halogens is 3. The third-order valence-corrected chi connectivity index (χ3v) is 2.97. The van der Waals surface area contributed by atoms with Gasteiger partial charge in [-0.1, -0.05) is 0 Å². The number of methoxy groups -OCH3 is 1. The van der Waals surface area contributed by atoms with Gasteiger partial charge >= 0.3 is 0 Å². The third kappa shape index (κ3) is 3.66. The van der Waals surface area contributed by atoms with Crippen LogP contribution < -0.4 is 10.1 Å². The van der Waals surface area contributed by atoms with Crippen LogP contribution in [0.3, 0.4) is 0 Å². The summed E-state index contributed by atoms with van der Waals surface area (Å²) in [5, 5.41) is 12.6. The summed E-state index contributed by atoms with van der Waals surface area (Å²) in [7, 11) is 1.35. The molecular weight excluding hydrogens is 283 g/mol. The van der Waals surface area contributed by atoms with Gasteiger partial charge in [-0.05, 0) is 30.3 Å². The van der Waals surface area contributed by atoms with Crippen molar-refractivity contribution in [1.82, 2.24) is 0 Å². The molecule has 0 radical (unpaired) electrons. The Morgan fingerprint density at radius 1 is 1.10 bits per heavy atom. The van der Waals surface area contributed by atoms with Crippen molar-refractivity contribution < 1.29 is 23.0 Å². The van der Waals surface area contributed by atoms with Gasteiger partial charge in [-0.2, -0.15) is 0 Å². The molecule has 6 heteroatoms. The molecule has 0 aliphatic rings. The summed E-state index contributed by atoms with van der Waals surface area (Å²) in [6.07, 6.45) is -1.26. The van der Waals surface area contributed by atoms with Crippen LogP contribution in [-0.4, -0.2) is 18.8 Å². The van der Waals surface area contributed by atoms with Gasteiger partial charge in [0, 0.05) is 23.9 Å². The maximum absolute atomic E-state index is 13.5. The molecule has 0 amide bonds. The standard InChI is InChI=1S/C15H14F3NO2/c1-21-15-5-3-10(7-13(15)18)19-8-14(20)11-6-9(16)2-4-12(11)17/h2-7,14,19-20H,8H2,1H3. The Hall–Kier alpha value is -2.21. The minimum Gasteiger partial charge on any atom is -0.494 e. The van der Waals surface area contributed by atoms with E-state index in [1.807, 2.05) is 0 Å². The first kappa shape index (κ1) is 15.2. The van der Waals surface area contributed by atoms with Crippen molar-refractivity contribution in [3.63, 3.8) is 0 Å². The fourth-order valence-electron chi connectivity index (χ4n) is 1.87. The fourth-order valence-corrected chi connectivity index (χ4v) is 1.87. The zero-order valence-electron chi connectivity index (χ0n) is 11.2. The molecule has 21 heavy (non-hydrogen) atoms. The number of benzene rings is 2. The van der Waals surface area contributed by atoms with Gasteiger partial charge < -0.3 is 15.2 Å². The predicted octanol–water partition coefficient (Wildman–Crippen LogP) is 3.26. The van der Waals surface area contributed by atoms with E-state index in [0.717, 1.165) is 18.2 Å². The second kappa shape index (κ2) is 6.49. The minimum absolute atomic E-state index is 0.0911. The van der Waals surface area contributed by atoms with Crippen LogP contribution in [0.1, 0.15) is 11.7 Å². The summed E-state index contributed by atoms with van der Waals surface area (Å²) >= 11 is 0. The largest absolute Gasteiger partial charge is 0.494 e. The van der Waals surface area contributed by atoms with E-state index in [1.165, 1.54) is 19.2 Å². The van der Waals surface area contributed by atoms with Gasteiger partial charge in [0.25, 0.3) is 0 Å². The Morgan fingerprint density at radius 2 is 1.86 bits per heavy atom. The van der Waals surface area contributed by atoms with E-state index in [0.29, 0.717) is 5.69 Å². The number of nitrogens with one attached hydrogen (secondary N) is 1. The molecule has 0 spiro atoms. The maximum Gasteiger partial charge on any atom is 0.167 e. The van der Waals surface area contributed by atoms with Crippen LogP contribution in [0.5, 0.6) is 5.75 Å². The molecule has 0 heterocycles. The molecule has 0 saturated heterocycles. The number of hydrogen-bond donors (Lipinski definition) is 2. The molecule has 2 aromatic rings. The van der Waals surface area contributed by atoms with Gasteiger partial charge in [-0.25, -0.2) is 13.2 Å². The fraction of sp³-hybridized carbons (Fsp3) is 0.200. The zero-order chi connectivity index (χ0) is 15.4. The van der Waals surface area contributed by atoms with Crippen molar-refractivity contribution >= 4 is 5.69 Å². The zero-order valence-corrected chi connectivity index (χ0v) is 11.2.